The van der Waals surface area contributed by atoms with Crippen molar-refractivity contribution in [1.82, 2.24) is 4.90 Å². The molecule has 0 aromatic carbocycles. The first-order valence-electron chi connectivity index (χ1n) is 6.59. The Morgan fingerprint density at radius 2 is 1.78 bits per heavy atom. The molecule has 0 saturated carbocycles. The van der Waals surface area contributed by atoms with Crippen molar-refractivity contribution in [3.8, 4) is 0 Å². The molecule has 0 aromatic rings. The molecule has 0 fully saturated rings. The molecule has 0 radical (unpaired) electrons. The van der Waals surface area contributed by atoms with E-state index in [4.69, 9.17) is 5.73 Å². The molecule has 0 rings (SSSR count). The van der Waals surface area contributed by atoms with Gasteiger partial charge in [0.1, 0.15) is 6.54 Å². The van der Waals surface area contributed by atoms with Gasteiger partial charge in [0, 0.05) is 12.5 Å². The number of hydrogen-bond acceptors (Lipinski definition) is 4. The fourth-order valence-corrected chi connectivity index (χ4v) is 1.68. The number of hydrogen-bond donors (Lipinski definition) is 1. The van der Waals surface area contributed by atoms with E-state index in [0.29, 0.717) is 13.0 Å². The number of unbranched alkanes of at least 4 members (excludes halogenated alkanes) is 3. The number of amides is 1. The minimum absolute atomic E-state index is 0.0145. The lowest BCUT2D eigenvalue weighted by atomic mass is 10.1. The first kappa shape index (κ1) is 16.9. The van der Waals surface area contributed by atoms with Gasteiger partial charge >= 0.3 is 5.97 Å². The van der Waals surface area contributed by atoms with Gasteiger partial charge < -0.3 is 15.4 Å². The first-order valence-corrected chi connectivity index (χ1v) is 6.59. The summed E-state index contributed by atoms with van der Waals surface area (Å²) >= 11 is 0. The Morgan fingerprint density at radius 1 is 1.17 bits per heavy atom. The van der Waals surface area contributed by atoms with Crippen molar-refractivity contribution in [2.75, 3.05) is 20.2 Å². The van der Waals surface area contributed by atoms with E-state index >= 15 is 0 Å². The Kier molecular flexibility index (Phi) is 9.28. The van der Waals surface area contributed by atoms with E-state index in [1.807, 2.05) is 13.8 Å². The molecule has 0 heterocycles. The number of nitrogens with zero attached hydrogens (tertiary/aromatic N) is 1. The van der Waals surface area contributed by atoms with Gasteiger partial charge in [-0.05, 0) is 33.2 Å². The van der Waals surface area contributed by atoms with E-state index in [1.165, 1.54) is 7.11 Å². The van der Waals surface area contributed by atoms with Crippen molar-refractivity contribution >= 4 is 11.9 Å². The van der Waals surface area contributed by atoms with E-state index in [1.54, 1.807) is 4.90 Å². The summed E-state index contributed by atoms with van der Waals surface area (Å²) in [4.78, 5) is 24.7. The number of esters is 1. The molecule has 106 valence electrons. The van der Waals surface area contributed by atoms with Crippen molar-refractivity contribution in [2.45, 2.75) is 52.0 Å². The second kappa shape index (κ2) is 9.88. The summed E-state index contributed by atoms with van der Waals surface area (Å²) in [6, 6.07) is 0.0145. The molecular formula is C13H26N2O3. The SMILES string of the molecule is COC(=O)CN(C(=O)CCCCCCN)C(C)C. The van der Waals surface area contributed by atoms with Crippen LogP contribution >= 0.6 is 0 Å². The Balaban J connectivity index is 4.03. The topological polar surface area (TPSA) is 72.6 Å². The minimum Gasteiger partial charge on any atom is -0.468 e. The minimum atomic E-state index is -0.375. The van der Waals surface area contributed by atoms with Gasteiger partial charge in [-0.25, -0.2) is 0 Å². The summed E-state index contributed by atoms with van der Waals surface area (Å²) in [5, 5.41) is 0. The van der Waals surface area contributed by atoms with Gasteiger partial charge in [-0.2, -0.15) is 0 Å². The molecule has 0 aliphatic rings. The van der Waals surface area contributed by atoms with Crippen LogP contribution in [0.1, 0.15) is 46.0 Å². The zero-order valence-electron chi connectivity index (χ0n) is 11.8. The molecule has 0 aliphatic heterocycles. The van der Waals surface area contributed by atoms with Crippen molar-refractivity contribution in [3.63, 3.8) is 0 Å². The number of carbonyl (C=O) groups is 2. The van der Waals surface area contributed by atoms with Crippen molar-refractivity contribution in [3.05, 3.63) is 0 Å². The highest BCUT2D eigenvalue weighted by Crippen LogP contribution is 2.08. The molecule has 0 saturated heterocycles. The number of rotatable bonds is 9. The number of methoxy groups -OCH3 is 1. The molecule has 5 nitrogen and oxygen atoms in total. The average molecular weight is 258 g/mol. The summed E-state index contributed by atoms with van der Waals surface area (Å²) in [7, 11) is 1.33. The van der Waals surface area contributed by atoms with Gasteiger partial charge in [-0.3, -0.25) is 9.59 Å². The standard InChI is InChI=1S/C13H26N2O3/c1-11(2)15(10-13(17)18-3)12(16)8-6-4-5-7-9-14/h11H,4-10,14H2,1-3H3. The van der Waals surface area contributed by atoms with Crippen LogP contribution in [0.4, 0.5) is 0 Å². The van der Waals surface area contributed by atoms with E-state index in [9.17, 15) is 9.59 Å². The van der Waals surface area contributed by atoms with Crippen LogP contribution in [0.15, 0.2) is 0 Å². The summed E-state index contributed by atoms with van der Waals surface area (Å²) in [6.07, 6.45) is 4.41. The number of ether oxygens (including phenoxy) is 1. The second-order valence-corrected chi connectivity index (χ2v) is 4.64. The third kappa shape index (κ3) is 7.27. The molecule has 0 bridgehead atoms. The second-order valence-electron chi connectivity index (χ2n) is 4.64. The molecular weight excluding hydrogens is 232 g/mol. The summed E-state index contributed by atoms with van der Waals surface area (Å²) in [5.41, 5.74) is 5.40. The Morgan fingerprint density at radius 3 is 2.28 bits per heavy atom. The van der Waals surface area contributed by atoms with Crippen LogP contribution in [-0.4, -0.2) is 43.0 Å². The summed E-state index contributed by atoms with van der Waals surface area (Å²) in [5.74, 6) is -0.358. The van der Waals surface area contributed by atoms with Gasteiger partial charge in [0.2, 0.25) is 5.91 Å². The maximum atomic E-state index is 12.0. The van der Waals surface area contributed by atoms with E-state index in [0.717, 1.165) is 25.7 Å². The van der Waals surface area contributed by atoms with Crippen LogP contribution in [0.25, 0.3) is 0 Å². The normalized spacial score (nSPS) is 10.5. The molecule has 0 unspecified atom stereocenters. The van der Waals surface area contributed by atoms with Gasteiger partial charge in [0.05, 0.1) is 7.11 Å². The smallest absolute Gasteiger partial charge is 0.325 e. The fraction of sp³-hybridized carbons (Fsp3) is 0.846. The maximum Gasteiger partial charge on any atom is 0.325 e. The average Bonchev–Trinajstić information content (AvgIpc) is 2.34. The maximum absolute atomic E-state index is 12.0. The van der Waals surface area contributed by atoms with Crippen LogP contribution in [0.2, 0.25) is 0 Å². The molecule has 0 atom stereocenters. The molecule has 5 heteroatoms. The fourth-order valence-electron chi connectivity index (χ4n) is 1.68. The van der Waals surface area contributed by atoms with Crippen LogP contribution in [0.5, 0.6) is 0 Å². The van der Waals surface area contributed by atoms with Gasteiger partial charge in [0.15, 0.2) is 0 Å². The zero-order chi connectivity index (χ0) is 14.0. The summed E-state index contributed by atoms with van der Waals surface area (Å²) < 4.78 is 4.59. The summed E-state index contributed by atoms with van der Waals surface area (Å²) in [6.45, 7) is 4.54. The van der Waals surface area contributed by atoms with Crippen molar-refractivity contribution < 1.29 is 14.3 Å². The van der Waals surface area contributed by atoms with Gasteiger partial charge in [0.25, 0.3) is 0 Å². The first-order chi connectivity index (χ1) is 8.52. The monoisotopic (exact) mass is 258 g/mol. The van der Waals surface area contributed by atoms with E-state index in [-0.39, 0.29) is 24.5 Å². The number of carbonyl (C=O) groups excluding carboxylic acids is 2. The Labute approximate surface area is 110 Å². The van der Waals surface area contributed by atoms with E-state index < -0.39 is 0 Å². The molecule has 1 amide bonds. The van der Waals surface area contributed by atoms with Crippen LogP contribution < -0.4 is 5.73 Å². The molecule has 0 aromatic heterocycles. The predicted molar refractivity (Wildman–Crippen MR) is 71.0 cm³/mol. The largest absolute Gasteiger partial charge is 0.468 e. The zero-order valence-corrected chi connectivity index (χ0v) is 11.8. The van der Waals surface area contributed by atoms with Crippen molar-refractivity contribution in [2.24, 2.45) is 5.73 Å². The van der Waals surface area contributed by atoms with E-state index in [2.05, 4.69) is 4.74 Å². The van der Waals surface area contributed by atoms with Crippen LogP contribution in [0.3, 0.4) is 0 Å². The predicted octanol–water partition coefficient (Wildman–Crippen LogP) is 1.31. The molecule has 2 N–H and O–H groups in total. The molecule has 18 heavy (non-hydrogen) atoms. The van der Waals surface area contributed by atoms with Gasteiger partial charge in [-0.1, -0.05) is 12.8 Å². The highest BCUT2D eigenvalue weighted by Gasteiger charge is 2.19. The third-order valence-corrected chi connectivity index (χ3v) is 2.82. The van der Waals surface area contributed by atoms with Gasteiger partial charge in [-0.15, -0.1) is 0 Å². The lowest BCUT2D eigenvalue weighted by molar-refractivity contribution is -0.148. The molecule has 0 aliphatic carbocycles. The number of nitrogens with two attached hydrogens (primary N) is 1. The quantitative estimate of drug-likeness (QED) is 0.500. The lowest BCUT2D eigenvalue weighted by Crippen LogP contribution is -2.40. The third-order valence-electron chi connectivity index (χ3n) is 2.82. The Bertz CT molecular complexity index is 255. The van der Waals surface area contributed by atoms with Crippen LogP contribution in [0, 0.1) is 0 Å². The highest BCUT2D eigenvalue weighted by atomic mass is 16.5. The van der Waals surface area contributed by atoms with Crippen molar-refractivity contribution in [1.29, 1.82) is 0 Å². The lowest BCUT2D eigenvalue weighted by Gasteiger charge is -2.25. The van der Waals surface area contributed by atoms with Crippen LogP contribution in [-0.2, 0) is 14.3 Å². The highest BCUT2D eigenvalue weighted by molar-refractivity contribution is 5.82. The Hall–Kier alpha value is -1.10. The molecule has 0 spiro atoms.